The molecule has 1 saturated heterocycles. The molecule has 0 radical (unpaired) electrons. The minimum atomic E-state index is -0.599. The van der Waals surface area contributed by atoms with E-state index in [1.807, 2.05) is 13.8 Å². The summed E-state index contributed by atoms with van der Waals surface area (Å²) < 4.78 is 4.91. The molecule has 0 aromatic heterocycles. The number of carbonyl (C=O) groups excluding carboxylic acids is 1. The maximum Gasteiger partial charge on any atom is 0.327 e. The quantitative estimate of drug-likeness (QED) is 0.687. The summed E-state index contributed by atoms with van der Waals surface area (Å²) >= 11 is 0. The first-order valence-electron chi connectivity index (χ1n) is 6.84. The summed E-state index contributed by atoms with van der Waals surface area (Å²) in [7, 11) is 1.45. The van der Waals surface area contributed by atoms with Gasteiger partial charge in [0.25, 0.3) is 0 Å². The molecule has 0 aromatic carbocycles. The van der Waals surface area contributed by atoms with E-state index in [4.69, 9.17) is 4.74 Å². The van der Waals surface area contributed by atoms with Crippen molar-refractivity contribution < 1.29 is 9.53 Å². The van der Waals surface area contributed by atoms with E-state index in [0.29, 0.717) is 6.54 Å². The van der Waals surface area contributed by atoms with Gasteiger partial charge in [0.15, 0.2) is 0 Å². The molecule has 1 heterocycles. The Morgan fingerprint density at radius 3 is 2.22 bits per heavy atom. The van der Waals surface area contributed by atoms with Crippen LogP contribution in [0.15, 0.2) is 0 Å². The molecule has 0 aliphatic carbocycles. The number of hydrogen-bond acceptors (Lipinski definition) is 5. The van der Waals surface area contributed by atoms with Gasteiger partial charge in [-0.15, -0.1) is 0 Å². The van der Waals surface area contributed by atoms with Gasteiger partial charge in [0, 0.05) is 32.7 Å². The fourth-order valence-electron chi connectivity index (χ4n) is 2.52. The van der Waals surface area contributed by atoms with E-state index in [1.165, 1.54) is 7.11 Å². The van der Waals surface area contributed by atoms with Gasteiger partial charge in [-0.05, 0) is 20.0 Å². The van der Waals surface area contributed by atoms with Gasteiger partial charge in [0.2, 0.25) is 0 Å². The Hall–Kier alpha value is -0.650. The van der Waals surface area contributed by atoms with Crippen LogP contribution in [0.3, 0.4) is 0 Å². The molecule has 5 nitrogen and oxygen atoms in total. The standard InChI is InChI=1S/C13H27N3O2/c1-5-14-13(3,12(17)18-4)11-16-9-7-15(6-2)8-10-16/h14H,5-11H2,1-4H3. The van der Waals surface area contributed by atoms with Crippen LogP contribution in [0.4, 0.5) is 0 Å². The lowest BCUT2D eigenvalue weighted by molar-refractivity contribution is -0.149. The maximum absolute atomic E-state index is 11.9. The molecule has 1 fully saturated rings. The zero-order chi connectivity index (χ0) is 13.6. The Balaban J connectivity index is 2.54. The molecule has 1 atom stereocenters. The number of rotatable bonds is 6. The van der Waals surface area contributed by atoms with Crippen molar-refractivity contribution in [2.75, 3.05) is 52.9 Å². The summed E-state index contributed by atoms with van der Waals surface area (Å²) in [4.78, 5) is 16.7. The Labute approximate surface area is 110 Å². The third-order valence-electron chi connectivity index (χ3n) is 3.65. The summed E-state index contributed by atoms with van der Waals surface area (Å²) in [6, 6.07) is 0. The van der Waals surface area contributed by atoms with Crippen LogP contribution in [0.25, 0.3) is 0 Å². The second-order valence-electron chi connectivity index (χ2n) is 5.06. The molecule has 0 spiro atoms. The summed E-state index contributed by atoms with van der Waals surface area (Å²) in [5.41, 5.74) is -0.599. The minimum absolute atomic E-state index is 0.178. The predicted molar refractivity (Wildman–Crippen MR) is 72.7 cm³/mol. The van der Waals surface area contributed by atoms with E-state index < -0.39 is 5.54 Å². The molecular weight excluding hydrogens is 230 g/mol. The summed E-state index contributed by atoms with van der Waals surface area (Å²) in [6.45, 7) is 12.9. The van der Waals surface area contributed by atoms with Crippen molar-refractivity contribution in [2.24, 2.45) is 0 Å². The zero-order valence-electron chi connectivity index (χ0n) is 12.2. The number of esters is 1. The Morgan fingerprint density at radius 1 is 1.22 bits per heavy atom. The van der Waals surface area contributed by atoms with Crippen molar-refractivity contribution in [2.45, 2.75) is 26.3 Å². The van der Waals surface area contributed by atoms with Gasteiger partial charge in [-0.25, -0.2) is 0 Å². The smallest absolute Gasteiger partial charge is 0.327 e. The minimum Gasteiger partial charge on any atom is -0.468 e. The lowest BCUT2D eigenvalue weighted by atomic mass is 10.0. The fraction of sp³-hybridized carbons (Fsp3) is 0.923. The monoisotopic (exact) mass is 257 g/mol. The molecule has 1 unspecified atom stereocenters. The van der Waals surface area contributed by atoms with Crippen LogP contribution in [0, 0.1) is 0 Å². The number of piperazine rings is 1. The third-order valence-corrected chi connectivity index (χ3v) is 3.65. The fourth-order valence-corrected chi connectivity index (χ4v) is 2.52. The average Bonchev–Trinajstić information content (AvgIpc) is 2.39. The van der Waals surface area contributed by atoms with Crippen molar-refractivity contribution in [3.05, 3.63) is 0 Å². The number of ether oxygens (including phenoxy) is 1. The Kier molecular flexibility index (Phi) is 6.05. The summed E-state index contributed by atoms with van der Waals surface area (Å²) in [5, 5.41) is 3.25. The highest BCUT2D eigenvalue weighted by Crippen LogP contribution is 2.11. The van der Waals surface area contributed by atoms with Gasteiger partial charge in [-0.1, -0.05) is 13.8 Å². The molecule has 1 N–H and O–H groups in total. The van der Waals surface area contributed by atoms with E-state index in [-0.39, 0.29) is 5.97 Å². The number of carbonyl (C=O) groups is 1. The molecule has 18 heavy (non-hydrogen) atoms. The van der Waals surface area contributed by atoms with Gasteiger partial charge in [-0.3, -0.25) is 9.69 Å². The predicted octanol–water partition coefficient (Wildman–Crippen LogP) is 0.165. The lowest BCUT2D eigenvalue weighted by Gasteiger charge is -2.39. The highest BCUT2D eigenvalue weighted by molar-refractivity contribution is 5.80. The zero-order valence-corrected chi connectivity index (χ0v) is 12.2. The maximum atomic E-state index is 11.9. The van der Waals surface area contributed by atoms with Crippen LogP contribution in [0.1, 0.15) is 20.8 Å². The average molecular weight is 257 g/mol. The molecule has 0 saturated carbocycles. The number of nitrogens with zero attached hydrogens (tertiary/aromatic N) is 2. The summed E-state index contributed by atoms with van der Waals surface area (Å²) in [6.07, 6.45) is 0. The third kappa shape index (κ3) is 3.93. The van der Waals surface area contributed by atoms with Crippen molar-refractivity contribution in [1.82, 2.24) is 15.1 Å². The normalized spacial score (nSPS) is 21.6. The molecule has 106 valence electrons. The molecular formula is C13H27N3O2. The van der Waals surface area contributed by atoms with E-state index in [2.05, 4.69) is 22.0 Å². The van der Waals surface area contributed by atoms with Gasteiger partial charge in [0.05, 0.1) is 7.11 Å². The number of nitrogens with one attached hydrogen (secondary N) is 1. The van der Waals surface area contributed by atoms with Crippen LogP contribution in [0.2, 0.25) is 0 Å². The van der Waals surface area contributed by atoms with Gasteiger partial charge >= 0.3 is 5.97 Å². The molecule has 1 rings (SSSR count). The van der Waals surface area contributed by atoms with Crippen molar-refractivity contribution in [3.8, 4) is 0 Å². The molecule has 5 heteroatoms. The molecule has 1 aliphatic rings. The van der Waals surface area contributed by atoms with Gasteiger partial charge in [0.1, 0.15) is 5.54 Å². The van der Waals surface area contributed by atoms with Crippen LogP contribution in [-0.4, -0.2) is 74.2 Å². The van der Waals surface area contributed by atoms with Gasteiger partial charge in [-0.2, -0.15) is 0 Å². The SMILES string of the molecule is CCNC(C)(CN1CCN(CC)CC1)C(=O)OC. The van der Waals surface area contributed by atoms with Gasteiger partial charge < -0.3 is 15.0 Å². The first-order chi connectivity index (χ1) is 8.55. The molecule has 0 bridgehead atoms. The van der Waals surface area contributed by atoms with E-state index in [1.54, 1.807) is 0 Å². The topological polar surface area (TPSA) is 44.8 Å². The molecule has 1 aliphatic heterocycles. The van der Waals surface area contributed by atoms with E-state index in [9.17, 15) is 4.79 Å². The number of likely N-dealkylation sites (N-methyl/N-ethyl adjacent to an activating group) is 2. The van der Waals surface area contributed by atoms with Crippen molar-refractivity contribution >= 4 is 5.97 Å². The largest absolute Gasteiger partial charge is 0.468 e. The van der Waals surface area contributed by atoms with Crippen molar-refractivity contribution in [3.63, 3.8) is 0 Å². The Bertz CT molecular complexity index is 265. The lowest BCUT2D eigenvalue weighted by Crippen LogP contribution is -2.60. The van der Waals surface area contributed by atoms with Crippen LogP contribution < -0.4 is 5.32 Å². The van der Waals surface area contributed by atoms with E-state index >= 15 is 0 Å². The number of methoxy groups -OCH3 is 1. The number of hydrogen-bond donors (Lipinski definition) is 1. The Morgan fingerprint density at radius 2 is 1.78 bits per heavy atom. The van der Waals surface area contributed by atoms with Crippen molar-refractivity contribution in [1.29, 1.82) is 0 Å². The van der Waals surface area contributed by atoms with Crippen LogP contribution in [0.5, 0.6) is 0 Å². The molecule has 0 amide bonds. The van der Waals surface area contributed by atoms with E-state index in [0.717, 1.165) is 39.3 Å². The molecule has 0 aromatic rings. The second kappa shape index (κ2) is 7.07. The highest BCUT2D eigenvalue weighted by atomic mass is 16.5. The van der Waals surface area contributed by atoms with Crippen LogP contribution in [-0.2, 0) is 9.53 Å². The highest BCUT2D eigenvalue weighted by Gasteiger charge is 2.36. The second-order valence-corrected chi connectivity index (χ2v) is 5.06. The van der Waals surface area contributed by atoms with Crippen LogP contribution >= 0.6 is 0 Å². The first-order valence-corrected chi connectivity index (χ1v) is 6.84. The first kappa shape index (κ1) is 15.4. The summed E-state index contributed by atoms with van der Waals surface area (Å²) in [5.74, 6) is -0.178.